The van der Waals surface area contributed by atoms with Crippen LogP contribution in [0, 0.1) is 0 Å². The number of alkyl halides is 1. The molecular formula is C8H14ClNO3. The summed E-state index contributed by atoms with van der Waals surface area (Å²) in [5.41, 5.74) is 0. The number of likely N-dealkylation sites (tertiary alicyclic amines) is 1. The molecule has 1 saturated heterocycles. The van der Waals surface area contributed by atoms with Gasteiger partial charge < -0.3 is 15.1 Å². The van der Waals surface area contributed by atoms with E-state index in [9.17, 15) is 15.0 Å². The van der Waals surface area contributed by atoms with Gasteiger partial charge in [-0.15, -0.1) is 11.6 Å². The lowest BCUT2D eigenvalue weighted by Gasteiger charge is -2.14. The van der Waals surface area contributed by atoms with Crippen LogP contribution in [-0.4, -0.2) is 52.2 Å². The van der Waals surface area contributed by atoms with Crippen LogP contribution >= 0.6 is 11.6 Å². The van der Waals surface area contributed by atoms with Crippen LogP contribution in [0.4, 0.5) is 0 Å². The first-order valence-corrected chi connectivity index (χ1v) is 4.88. The number of β-amino-alcohol motifs (C(OH)–C–C–N with tert-alkyl or cyclic N) is 2. The van der Waals surface area contributed by atoms with Gasteiger partial charge >= 0.3 is 0 Å². The third kappa shape index (κ3) is 2.83. The van der Waals surface area contributed by atoms with Gasteiger partial charge in [0.2, 0.25) is 5.91 Å². The number of hydrogen-bond donors (Lipinski definition) is 2. The maximum Gasteiger partial charge on any atom is 0.222 e. The minimum atomic E-state index is -0.792. The first kappa shape index (κ1) is 10.8. The molecule has 1 aliphatic heterocycles. The highest BCUT2D eigenvalue weighted by Crippen LogP contribution is 2.11. The number of rotatable bonds is 3. The number of halogens is 1. The summed E-state index contributed by atoms with van der Waals surface area (Å²) in [6.45, 7) is 0.477. The van der Waals surface area contributed by atoms with Crippen LogP contribution < -0.4 is 0 Å². The monoisotopic (exact) mass is 207 g/mol. The van der Waals surface area contributed by atoms with Crippen LogP contribution in [0.15, 0.2) is 0 Å². The normalized spacial score (nSPS) is 28.1. The predicted molar refractivity (Wildman–Crippen MR) is 48.5 cm³/mol. The second kappa shape index (κ2) is 4.79. The second-order valence-corrected chi connectivity index (χ2v) is 3.60. The zero-order valence-electron chi connectivity index (χ0n) is 7.32. The topological polar surface area (TPSA) is 60.8 Å². The van der Waals surface area contributed by atoms with Crippen molar-refractivity contribution in [2.45, 2.75) is 25.0 Å². The molecule has 13 heavy (non-hydrogen) atoms. The second-order valence-electron chi connectivity index (χ2n) is 3.23. The molecule has 0 aromatic heterocycles. The standard InChI is InChI=1S/C8H14ClNO3/c9-3-1-2-8(13)10-4-6(11)7(12)5-10/h6-7,11-12H,1-5H2/t6-,7+. The SMILES string of the molecule is O=C(CCCCl)N1C[C@@H](O)[C@@H](O)C1. The average molecular weight is 208 g/mol. The van der Waals surface area contributed by atoms with Crippen LogP contribution in [-0.2, 0) is 4.79 Å². The van der Waals surface area contributed by atoms with Crippen LogP contribution in [0.5, 0.6) is 0 Å². The van der Waals surface area contributed by atoms with Crippen molar-refractivity contribution in [1.82, 2.24) is 4.90 Å². The molecule has 0 unspecified atom stereocenters. The largest absolute Gasteiger partial charge is 0.388 e. The molecule has 1 aliphatic rings. The van der Waals surface area contributed by atoms with E-state index in [0.717, 1.165) is 0 Å². The third-order valence-electron chi connectivity index (χ3n) is 2.14. The Labute approximate surface area is 82.1 Å². The van der Waals surface area contributed by atoms with Crippen LogP contribution in [0.2, 0.25) is 0 Å². The molecule has 0 aromatic carbocycles. The molecule has 0 aromatic rings. The molecule has 1 rings (SSSR count). The Hall–Kier alpha value is -0.320. The van der Waals surface area contributed by atoms with Crippen molar-refractivity contribution < 1.29 is 15.0 Å². The van der Waals surface area contributed by atoms with Gasteiger partial charge in [-0.3, -0.25) is 4.79 Å². The van der Waals surface area contributed by atoms with Crippen molar-refractivity contribution in [1.29, 1.82) is 0 Å². The Bertz CT molecular complexity index is 178. The highest BCUT2D eigenvalue weighted by atomic mass is 35.5. The molecule has 5 heteroatoms. The van der Waals surface area contributed by atoms with Gasteiger partial charge in [-0.1, -0.05) is 0 Å². The fourth-order valence-corrected chi connectivity index (χ4v) is 1.48. The summed E-state index contributed by atoms with van der Waals surface area (Å²) in [5, 5.41) is 18.3. The Morgan fingerprint density at radius 3 is 2.38 bits per heavy atom. The van der Waals surface area contributed by atoms with E-state index >= 15 is 0 Å². The lowest BCUT2D eigenvalue weighted by atomic mass is 10.3. The predicted octanol–water partition coefficient (Wildman–Crippen LogP) is -0.431. The van der Waals surface area contributed by atoms with Crippen molar-refractivity contribution >= 4 is 17.5 Å². The fraction of sp³-hybridized carbons (Fsp3) is 0.875. The molecule has 0 radical (unpaired) electrons. The molecule has 2 N–H and O–H groups in total. The van der Waals surface area contributed by atoms with Gasteiger partial charge in [0.15, 0.2) is 0 Å². The molecule has 1 fully saturated rings. The molecule has 0 spiro atoms. The summed E-state index contributed by atoms with van der Waals surface area (Å²) in [5.74, 6) is 0.418. The van der Waals surface area contributed by atoms with E-state index in [-0.39, 0.29) is 19.0 Å². The van der Waals surface area contributed by atoms with E-state index in [1.165, 1.54) is 4.90 Å². The lowest BCUT2D eigenvalue weighted by Crippen LogP contribution is -2.29. The molecule has 76 valence electrons. The molecule has 0 saturated carbocycles. The molecule has 1 heterocycles. The zero-order valence-corrected chi connectivity index (χ0v) is 8.07. The van der Waals surface area contributed by atoms with Crippen LogP contribution in [0.3, 0.4) is 0 Å². The Kier molecular flexibility index (Phi) is 3.96. The summed E-state index contributed by atoms with van der Waals surface area (Å²) in [7, 11) is 0. The molecular weight excluding hydrogens is 194 g/mol. The first-order chi connectivity index (χ1) is 6.15. The van der Waals surface area contributed by atoms with Gasteiger partial charge in [-0.2, -0.15) is 0 Å². The first-order valence-electron chi connectivity index (χ1n) is 4.35. The number of nitrogens with zero attached hydrogens (tertiary/aromatic N) is 1. The van der Waals surface area contributed by atoms with Crippen molar-refractivity contribution in [2.75, 3.05) is 19.0 Å². The third-order valence-corrected chi connectivity index (χ3v) is 2.40. The number of amides is 1. The van der Waals surface area contributed by atoms with Crippen molar-refractivity contribution in [3.05, 3.63) is 0 Å². The molecule has 2 atom stereocenters. The maximum absolute atomic E-state index is 11.3. The van der Waals surface area contributed by atoms with E-state index in [1.807, 2.05) is 0 Å². The fourth-order valence-electron chi connectivity index (χ4n) is 1.35. The summed E-state index contributed by atoms with van der Waals surface area (Å²) < 4.78 is 0. The van der Waals surface area contributed by atoms with E-state index in [0.29, 0.717) is 18.7 Å². The van der Waals surface area contributed by atoms with E-state index in [1.54, 1.807) is 0 Å². The average Bonchev–Trinajstić information content (AvgIpc) is 2.43. The van der Waals surface area contributed by atoms with Crippen LogP contribution in [0.1, 0.15) is 12.8 Å². The Morgan fingerprint density at radius 2 is 1.92 bits per heavy atom. The number of carbonyl (C=O) groups excluding carboxylic acids is 1. The number of hydrogen-bond acceptors (Lipinski definition) is 3. The van der Waals surface area contributed by atoms with Crippen molar-refractivity contribution in [3.8, 4) is 0 Å². The summed E-state index contributed by atoms with van der Waals surface area (Å²) >= 11 is 5.44. The molecule has 0 aliphatic carbocycles. The highest BCUT2D eigenvalue weighted by molar-refractivity contribution is 6.17. The quantitative estimate of drug-likeness (QED) is 0.618. The minimum Gasteiger partial charge on any atom is -0.388 e. The van der Waals surface area contributed by atoms with Gasteiger partial charge in [0.1, 0.15) is 0 Å². The number of aliphatic hydroxyl groups is 2. The summed E-state index contributed by atoms with van der Waals surface area (Å²) in [6.07, 6.45) is -0.550. The van der Waals surface area contributed by atoms with Gasteiger partial charge in [0, 0.05) is 25.4 Å². The Balaban J connectivity index is 2.33. The van der Waals surface area contributed by atoms with Gasteiger partial charge in [0.25, 0.3) is 0 Å². The van der Waals surface area contributed by atoms with E-state index in [2.05, 4.69) is 0 Å². The van der Waals surface area contributed by atoms with Gasteiger partial charge in [-0.05, 0) is 6.42 Å². The maximum atomic E-state index is 11.3. The smallest absolute Gasteiger partial charge is 0.222 e. The highest BCUT2D eigenvalue weighted by Gasteiger charge is 2.31. The van der Waals surface area contributed by atoms with Gasteiger partial charge in [-0.25, -0.2) is 0 Å². The number of carbonyl (C=O) groups is 1. The zero-order chi connectivity index (χ0) is 9.84. The molecule has 1 amide bonds. The van der Waals surface area contributed by atoms with Crippen molar-refractivity contribution in [2.24, 2.45) is 0 Å². The summed E-state index contributed by atoms with van der Waals surface area (Å²) in [4.78, 5) is 12.8. The number of aliphatic hydroxyl groups excluding tert-OH is 2. The van der Waals surface area contributed by atoms with Crippen LogP contribution in [0.25, 0.3) is 0 Å². The molecule has 4 nitrogen and oxygen atoms in total. The van der Waals surface area contributed by atoms with Gasteiger partial charge in [0.05, 0.1) is 12.2 Å². The summed E-state index contributed by atoms with van der Waals surface area (Å²) in [6, 6.07) is 0. The van der Waals surface area contributed by atoms with E-state index in [4.69, 9.17) is 11.6 Å². The van der Waals surface area contributed by atoms with Crippen molar-refractivity contribution in [3.63, 3.8) is 0 Å². The Morgan fingerprint density at radius 1 is 1.38 bits per heavy atom. The lowest BCUT2D eigenvalue weighted by molar-refractivity contribution is -0.130. The van der Waals surface area contributed by atoms with E-state index < -0.39 is 12.2 Å². The minimum absolute atomic E-state index is 0.0451. The molecule has 0 bridgehead atoms.